The fourth-order valence-corrected chi connectivity index (χ4v) is 6.00. The van der Waals surface area contributed by atoms with Crippen LogP contribution in [0.1, 0.15) is 35.8 Å². The van der Waals surface area contributed by atoms with Crippen molar-refractivity contribution in [2.45, 2.75) is 10.7 Å². The molecule has 0 atom stereocenters. The normalized spacial score (nSPS) is 9.80. The number of fused-ring (bicyclic) bond motifs is 2. The second-order valence-electron chi connectivity index (χ2n) is 9.73. The van der Waals surface area contributed by atoms with Crippen LogP contribution in [0.25, 0.3) is 21.8 Å². The zero-order valence-electron chi connectivity index (χ0n) is 30.3. The average molecular weight is 1330 g/mol. The number of methoxy groups -OCH3 is 2. The van der Waals surface area contributed by atoms with Crippen molar-refractivity contribution < 1.29 is 23.6 Å². The summed E-state index contributed by atoms with van der Waals surface area (Å²) in [5, 5.41) is 12.1. The number of hydrogen-bond acceptors (Lipinski definition) is 17. The Morgan fingerprint density at radius 1 is 0.800 bits per heavy atom. The van der Waals surface area contributed by atoms with Gasteiger partial charge >= 0.3 is 41.9 Å². The van der Waals surface area contributed by atoms with Crippen molar-refractivity contribution in [2.24, 2.45) is 16.0 Å². The van der Waals surface area contributed by atoms with E-state index in [1.165, 1.54) is 14.2 Å². The van der Waals surface area contributed by atoms with Gasteiger partial charge in [-0.3, -0.25) is 26.0 Å². The van der Waals surface area contributed by atoms with E-state index in [-0.39, 0.29) is 9.30 Å². The van der Waals surface area contributed by atoms with Crippen LogP contribution in [0.2, 0.25) is 5.15 Å². The standard InChI is InChI=1S/C8H6Br3NO2.C8H8BrNO2.C7H3BrClN3.C7H4BrN3O.BHNS.Cl3OP.H4N2/c1-14-8(13)6-5(7(10)11)2-4(9)3-12-6;1-5-3-6(9)4-10-7(5)8(11)12-2;8-5-1-4-2-11-12-7(9)6(4)10-3-5;8-5-1-4-2-10-11-7(12)6(4)9-3-5;1-2-3;1-5(2,3)4;1-2/h2-3,7H,1H3;3-4H,1-2H3;1-3H;1-3H,(H,11,12);3H;;1-2H2. The Morgan fingerprint density at radius 3 is 1.70 bits per heavy atom. The number of nitrogens with two attached hydrogens (primary N) is 2. The van der Waals surface area contributed by atoms with E-state index >= 15 is 0 Å². The summed E-state index contributed by atoms with van der Waals surface area (Å²) < 4.78 is 24.6. The molecule has 0 aromatic carbocycles. The van der Waals surface area contributed by atoms with Crippen molar-refractivity contribution in [2.75, 3.05) is 14.2 Å². The molecule has 6 heterocycles. The number of pyridine rings is 4. The molecule has 17 nitrogen and oxygen atoms in total. The molecule has 0 aliphatic carbocycles. The van der Waals surface area contributed by atoms with E-state index in [2.05, 4.69) is 216 Å². The van der Waals surface area contributed by atoms with Gasteiger partial charge in [-0.25, -0.2) is 29.6 Å². The van der Waals surface area contributed by atoms with Crippen molar-refractivity contribution in [1.82, 2.24) is 40.3 Å². The molecule has 0 saturated heterocycles. The third kappa shape index (κ3) is 23.2. The Bertz CT molecular complexity index is 2450. The molecule has 30 heteroatoms. The Hall–Kier alpha value is -1.58. The summed E-state index contributed by atoms with van der Waals surface area (Å²) in [6.45, 7) is 1.81. The number of rotatable bonds is 3. The van der Waals surface area contributed by atoms with Gasteiger partial charge in [-0.1, -0.05) is 43.5 Å². The fourth-order valence-electron chi connectivity index (χ4n) is 3.61. The second kappa shape index (κ2) is 31.3. The molecule has 6 aromatic heterocycles. The van der Waals surface area contributed by atoms with Gasteiger partial charge in [0.05, 0.1) is 30.3 Å². The molecule has 6 rings (SSSR count). The number of halogens is 10. The van der Waals surface area contributed by atoms with Crippen molar-refractivity contribution in [3.8, 4) is 0 Å². The number of aromatic nitrogens is 8. The summed E-state index contributed by atoms with van der Waals surface area (Å²) in [7, 11) is 7.00. The molecule has 0 unspecified atom stereocenters. The van der Waals surface area contributed by atoms with Crippen molar-refractivity contribution in [1.29, 1.82) is 0 Å². The molecular formula is C30H26BBr6Cl4N11O6PS. The summed E-state index contributed by atoms with van der Waals surface area (Å²) >= 11 is 42.5. The number of thiol groups is 1. The number of aromatic amines is 1. The first-order valence-corrected chi connectivity index (χ1v) is 25.1. The van der Waals surface area contributed by atoms with Gasteiger partial charge in [0.2, 0.25) is 0 Å². The molecule has 0 amide bonds. The first-order valence-electron chi connectivity index (χ1n) is 14.9. The van der Waals surface area contributed by atoms with Gasteiger partial charge in [-0.15, -0.1) is 5.10 Å². The van der Waals surface area contributed by atoms with E-state index in [1.54, 1.807) is 49.3 Å². The Labute approximate surface area is 418 Å². The first-order chi connectivity index (χ1) is 28.2. The van der Waals surface area contributed by atoms with Gasteiger partial charge in [0, 0.05) is 59.0 Å². The molecular weight excluding hydrogens is 1310 g/mol. The van der Waals surface area contributed by atoms with Gasteiger partial charge in [0.25, 0.3) is 5.56 Å². The fraction of sp³-hybridized carbons (Fsp3) is 0.133. The van der Waals surface area contributed by atoms with Gasteiger partial charge in [0.15, 0.2) is 16.5 Å². The first kappa shape index (κ1) is 58.4. The van der Waals surface area contributed by atoms with E-state index in [4.69, 9.17) is 11.6 Å². The maximum absolute atomic E-state index is 11.3. The summed E-state index contributed by atoms with van der Waals surface area (Å²) in [4.78, 5) is 49.4. The molecule has 5 N–H and O–H groups in total. The van der Waals surface area contributed by atoms with Gasteiger partial charge in [0.1, 0.15) is 11.0 Å². The Balaban J connectivity index is 0.000000720. The number of nitrogens with one attached hydrogen (secondary N) is 1. The van der Waals surface area contributed by atoms with E-state index in [0.29, 0.717) is 27.6 Å². The van der Waals surface area contributed by atoms with Crippen LogP contribution in [0.15, 0.2) is 88.4 Å². The van der Waals surface area contributed by atoms with E-state index in [9.17, 15) is 18.9 Å². The third-order valence-electron chi connectivity index (χ3n) is 5.81. The molecule has 0 saturated carbocycles. The summed E-state index contributed by atoms with van der Waals surface area (Å²) in [5.74, 6) is 7.15. The molecule has 1 radical (unpaired) electrons. The van der Waals surface area contributed by atoms with Gasteiger partial charge in [-0.05, 0) is 134 Å². The van der Waals surface area contributed by atoms with E-state index < -0.39 is 17.1 Å². The molecule has 0 fully saturated rings. The van der Waals surface area contributed by atoms with Crippen molar-refractivity contribution >= 4 is 200 Å². The zero-order valence-corrected chi connectivity index (χ0v) is 44.6. The number of alkyl halides is 2. The minimum atomic E-state index is -3.22. The zero-order chi connectivity index (χ0) is 46.2. The molecule has 0 spiro atoms. The Morgan fingerprint density at radius 2 is 1.22 bits per heavy atom. The quantitative estimate of drug-likeness (QED) is 0.0244. The number of H-pyrrole nitrogens is 1. The topological polar surface area (TPSA) is 257 Å². The van der Waals surface area contributed by atoms with Crippen LogP contribution in [-0.2, 0) is 14.0 Å². The van der Waals surface area contributed by atoms with Crippen LogP contribution in [0.3, 0.4) is 0 Å². The predicted octanol–water partition coefficient (Wildman–Crippen LogP) is 10.7. The van der Waals surface area contributed by atoms with E-state index in [0.717, 1.165) is 39.8 Å². The number of hydrogen-bond donors (Lipinski definition) is 4. The number of aryl methyl sites for hydroxylation is 1. The van der Waals surface area contributed by atoms with Crippen molar-refractivity contribution in [3.63, 3.8) is 0 Å². The minimum absolute atomic E-state index is 0.130. The molecule has 6 aromatic rings. The molecule has 0 aliphatic heterocycles. The monoisotopic (exact) mass is 1320 g/mol. The van der Waals surface area contributed by atoms with Gasteiger partial charge < -0.3 is 9.47 Å². The summed E-state index contributed by atoms with van der Waals surface area (Å²) in [6.07, 6.45) is 9.57. The van der Waals surface area contributed by atoms with Crippen LogP contribution in [0.5, 0.6) is 0 Å². The molecule has 0 aliphatic rings. The SMILES string of the molecule is COC(=O)c1ncc(Br)cc1C.COC(=O)c1ncc(Br)cc1C(Br)Br.Clc1nncc2cc(Br)cnc12.NN.O=P(Cl)(Cl)Cl.O=c1[nH]ncc2cc(Br)cnc12.[B]=NS. The number of carbonyl (C=O) groups is 2. The van der Waals surface area contributed by atoms with Gasteiger partial charge in [-0.2, -0.15) is 10.2 Å². The predicted molar refractivity (Wildman–Crippen MR) is 260 cm³/mol. The van der Waals surface area contributed by atoms with Crippen LogP contribution >= 0.6 is 159 Å². The number of carbonyl (C=O) groups excluding carboxylic acids is 2. The average Bonchev–Trinajstić information content (AvgIpc) is 3.18. The van der Waals surface area contributed by atoms with Crippen LogP contribution < -0.4 is 17.2 Å². The van der Waals surface area contributed by atoms with Crippen molar-refractivity contribution in [3.05, 3.63) is 117 Å². The number of ether oxygens (including phenoxy) is 2. The molecule has 0 bridgehead atoms. The van der Waals surface area contributed by atoms with Crippen LogP contribution in [0, 0.1) is 6.92 Å². The van der Waals surface area contributed by atoms with Crippen LogP contribution in [-0.4, -0.2) is 74.1 Å². The summed E-state index contributed by atoms with van der Waals surface area (Å²) in [6, 6.07) is 7.31. The maximum atomic E-state index is 11.3. The summed E-state index contributed by atoms with van der Waals surface area (Å²) in [5.41, 5.74) is 3.01. The Kier molecular flexibility index (Phi) is 30.5. The molecule has 321 valence electrons. The van der Waals surface area contributed by atoms with Crippen LogP contribution in [0.4, 0.5) is 0 Å². The van der Waals surface area contributed by atoms with E-state index in [1.807, 2.05) is 19.1 Å². The third-order valence-corrected chi connectivity index (χ3v) is 8.79. The number of nitrogens with zero attached hydrogens (tertiary/aromatic N) is 8. The number of esters is 2. The molecule has 60 heavy (non-hydrogen) atoms. The second-order valence-corrected chi connectivity index (χ2v) is 23.7. The number of hydrazine groups is 1.